The van der Waals surface area contributed by atoms with E-state index in [0.29, 0.717) is 5.75 Å². The first kappa shape index (κ1) is 16.0. The zero-order valence-corrected chi connectivity index (χ0v) is 13.4. The van der Waals surface area contributed by atoms with Gasteiger partial charge in [0.25, 0.3) is 0 Å². The molecule has 0 spiro atoms. The summed E-state index contributed by atoms with van der Waals surface area (Å²) >= 11 is 0. The molecule has 0 aliphatic heterocycles. The molecule has 1 unspecified atom stereocenters. The van der Waals surface area contributed by atoms with Crippen molar-refractivity contribution < 1.29 is 14.4 Å². The molecule has 0 aliphatic rings. The van der Waals surface area contributed by atoms with Crippen molar-refractivity contribution in [2.45, 2.75) is 12.8 Å². The third-order valence-corrected chi connectivity index (χ3v) is 3.88. The molecule has 0 amide bonds. The van der Waals surface area contributed by atoms with Crippen molar-refractivity contribution >= 4 is 7.69 Å². The molecular weight excluding hydrogens is 299 g/mol. The molecule has 119 valence electrons. The van der Waals surface area contributed by atoms with Crippen molar-refractivity contribution in [3.05, 3.63) is 90.0 Å². The number of aromatic hydroxyl groups is 1. The van der Waals surface area contributed by atoms with Gasteiger partial charge in [0.05, 0.1) is 0 Å². The van der Waals surface area contributed by atoms with E-state index in [9.17, 15) is 5.11 Å². The van der Waals surface area contributed by atoms with Crippen LogP contribution in [-0.4, -0.2) is 12.8 Å². The van der Waals surface area contributed by atoms with Crippen molar-refractivity contribution in [1.29, 1.82) is 0 Å². The van der Waals surface area contributed by atoms with Crippen molar-refractivity contribution in [1.82, 2.24) is 0 Å². The zero-order valence-electron chi connectivity index (χ0n) is 13.4. The van der Waals surface area contributed by atoms with Crippen LogP contribution in [0.2, 0.25) is 0 Å². The summed E-state index contributed by atoms with van der Waals surface area (Å²) in [6, 6.07) is 24.6. The van der Waals surface area contributed by atoms with Crippen molar-refractivity contribution in [2.24, 2.45) is 0 Å². The van der Waals surface area contributed by atoms with E-state index in [1.165, 1.54) is 13.2 Å². The standard InChI is InChI=1S/C20H18BO3/c1-15(16-7-11-18(22)12-8-16)17-9-13-20(14-10-17)24-21-23-19-5-3-2-4-6-19/h2-15,22H,1H3. The first-order valence-electron chi connectivity index (χ1n) is 7.81. The average Bonchev–Trinajstić information content (AvgIpc) is 2.63. The van der Waals surface area contributed by atoms with Crippen molar-refractivity contribution in [2.75, 3.05) is 0 Å². The fraction of sp³-hybridized carbons (Fsp3) is 0.100. The number of phenols is 1. The second-order valence-electron chi connectivity index (χ2n) is 5.53. The van der Waals surface area contributed by atoms with E-state index in [1.807, 2.05) is 66.7 Å². The summed E-state index contributed by atoms with van der Waals surface area (Å²) in [5, 5.41) is 9.38. The quantitative estimate of drug-likeness (QED) is 0.679. The van der Waals surface area contributed by atoms with Crippen LogP contribution in [0.15, 0.2) is 78.9 Å². The van der Waals surface area contributed by atoms with E-state index in [-0.39, 0.29) is 11.7 Å². The third kappa shape index (κ3) is 4.10. The molecule has 4 heteroatoms. The number of rotatable bonds is 6. The lowest BCUT2D eigenvalue weighted by atomic mass is 9.93. The molecule has 3 nitrogen and oxygen atoms in total. The minimum atomic E-state index is 0.240. The van der Waals surface area contributed by atoms with Gasteiger partial charge in [0, 0.05) is 5.92 Å². The molecule has 0 heterocycles. The van der Waals surface area contributed by atoms with Crippen LogP contribution < -0.4 is 9.31 Å². The Labute approximate surface area is 142 Å². The van der Waals surface area contributed by atoms with Crippen LogP contribution in [0.5, 0.6) is 17.2 Å². The highest BCUT2D eigenvalue weighted by atomic mass is 16.6. The van der Waals surface area contributed by atoms with E-state index in [0.717, 1.165) is 11.3 Å². The van der Waals surface area contributed by atoms with Crippen LogP contribution in [0.4, 0.5) is 0 Å². The van der Waals surface area contributed by atoms with Gasteiger partial charge >= 0.3 is 7.69 Å². The minimum absolute atomic E-state index is 0.240. The van der Waals surface area contributed by atoms with Crippen LogP contribution in [0.25, 0.3) is 0 Å². The van der Waals surface area contributed by atoms with Crippen molar-refractivity contribution in [3.63, 3.8) is 0 Å². The predicted octanol–water partition coefficient (Wildman–Crippen LogP) is 4.54. The highest BCUT2D eigenvalue weighted by molar-refractivity contribution is 6.20. The van der Waals surface area contributed by atoms with Crippen LogP contribution >= 0.6 is 0 Å². The Morgan fingerprint density at radius 3 is 1.79 bits per heavy atom. The average molecular weight is 317 g/mol. The topological polar surface area (TPSA) is 38.7 Å². The van der Waals surface area contributed by atoms with E-state index in [1.54, 1.807) is 12.1 Å². The third-order valence-electron chi connectivity index (χ3n) is 3.88. The Bertz CT molecular complexity index is 755. The van der Waals surface area contributed by atoms with Crippen LogP contribution in [-0.2, 0) is 0 Å². The molecule has 1 N–H and O–H groups in total. The normalized spacial score (nSPS) is 11.5. The van der Waals surface area contributed by atoms with Crippen molar-refractivity contribution in [3.8, 4) is 17.2 Å². The van der Waals surface area contributed by atoms with Gasteiger partial charge in [0.2, 0.25) is 0 Å². The summed E-state index contributed by atoms with van der Waals surface area (Å²) < 4.78 is 10.9. The Morgan fingerprint density at radius 1 is 0.708 bits per heavy atom. The Hall–Kier alpha value is -2.88. The van der Waals surface area contributed by atoms with Gasteiger partial charge in [-0.1, -0.05) is 49.4 Å². The molecule has 3 aromatic rings. The molecule has 24 heavy (non-hydrogen) atoms. The maximum atomic E-state index is 9.38. The molecule has 1 radical (unpaired) electrons. The Morgan fingerprint density at radius 2 is 1.21 bits per heavy atom. The van der Waals surface area contributed by atoms with E-state index in [4.69, 9.17) is 9.31 Å². The van der Waals surface area contributed by atoms with Gasteiger partial charge in [0.1, 0.15) is 17.2 Å². The smallest absolute Gasteiger partial charge is 0.526 e. The second-order valence-corrected chi connectivity index (χ2v) is 5.53. The van der Waals surface area contributed by atoms with E-state index in [2.05, 4.69) is 6.92 Å². The maximum absolute atomic E-state index is 9.38. The molecule has 3 aromatic carbocycles. The molecule has 3 rings (SSSR count). The summed E-state index contributed by atoms with van der Waals surface area (Å²) in [5.74, 6) is 1.97. The molecule has 0 aromatic heterocycles. The number of phenolic OH excluding ortho intramolecular Hbond substituents is 1. The lowest BCUT2D eigenvalue weighted by Gasteiger charge is -2.13. The summed E-state index contributed by atoms with van der Waals surface area (Å²) in [6.45, 7) is 2.13. The van der Waals surface area contributed by atoms with Gasteiger partial charge in [-0.3, -0.25) is 0 Å². The fourth-order valence-corrected chi connectivity index (χ4v) is 2.42. The monoisotopic (exact) mass is 317 g/mol. The summed E-state index contributed by atoms with van der Waals surface area (Å²) in [5.41, 5.74) is 2.33. The lowest BCUT2D eigenvalue weighted by molar-refractivity contribution is 0.459. The highest BCUT2D eigenvalue weighted by Gasteiger charge is 2.09. The molecule has 0 saturated heterocycles. The van der Waals surface area contributed by atoms with E-state index >= 15 is 0 Å². The summed E-state index contributed by atoms with van der Waals surface area (Å²) in [6.07, 6.45) is 0. The lowest BCUT2D eigenvalue weighted by Crippen LogP contribution is -2.10. The minimum Gasteiger partial charge on any atom is -0.526 e. The van der Waals surface area contributed by atoms with Crippen LogP contribution in [0, 0.1) is 0 Å². The molecule has 0 fully saturated rings. The van der Waals surface area contributed by atoms with Gasteiger partial charge in [-0.15, -0.1) is 0 Å². The molecular formula is C20H18BO3. The van der Waals surface area contributed by atoms with Gasteiger partial charge < -0.3 is 14.4 Å². The Kier molecular flexibility index (Phi) is 5.07. The van der Waals surface area contributed by atoms with Crippen LogP contribution in [0.1, 0.15) is 24.0 Å². The first-order valence-corrected chi connectivity index (χ1v) is 7.81. The number of para-hydroxylation sites is 1. The fourth-order valence-electron chi connectivity index (χ4n) is 2.42. The number of hydrogen-bond acceptors (Lipinski definition) is 3. The van der Waals surface area contributed by atoms with Gasteiger partial charge in [-0.05, 0) is 47.5 Å². The number of hydrogen-bond donors (Lipinski definition) is 1. The SMILES string of the molecule is CC(c1ccc(O)cc1)c1ccc(O[B]Oc2ccccc2)cc1. The first-order chi connectivity index (χ1) is 11.7. The van der Waals surface area contributed by atoms with Gasteiger partial charge in [-0.25, -0.2) is 0 Å². The predicted molar refractivity (Wildman–Crippen MR) is 95.5 cm³/mol. The molecule has 1 atom stereocenters. The van der Waals surface area contributed by atoms with Gasteiger partial charge in [0.15, 0.2) is 0 Å². The Balaban J connectivity index is 1.57. The summed E-state index contributed by atoms with van der Waals surface area (Å²) in [4.78, 5) is 0. The van der Waals surface area contributed by atoms with E-state index < -0.39 is 0 Å². The largest absolute Gasteiger partial charge is 0.658 e. The molecule has 0 saturated carbocycles. The summed E-state index contributed by atoms with van der Waals surface area (Å²) in [7, 11) is 1.33. The van der Waals surface area contributed by atoms with Crippen LogP contribution in [0.3, 0.4) is 0 Å². The molecule has 0 aliphatic carbocycles. The zero-order chi connectivity index (χ0) is 16.8. The van der Waals surface area contributed by atoms with Gasteiger partial charge in [-0.2, -0.15) is 0 Å². The maximum Gasteiger partial charge on any atom is 0.658 e. The highest BCUT2D eigenvalue weighted by Crippen LogP contribution is 2.26. The molecule has 0 bridgehead atoms. The number of benzene rings is 3. The second kappa shape index (κ2) is 7.60.